The Kier molecular flexibility index (Phi) is 4.39. The fraction of sp³-hybridized carbons (Fsp3) is 0.800. The summed E-state index contributed by atoms with van der Waals surface area (Å²) in [6.07, 6.45) is 2.19. The van der Waals surface area contributed by atoms with Gasteiger partial charge in [-0.2, -0.15) is 0 Å². The lowest BCUT2D eigenvalue weighted by atomic mass is 10.2. The summed E-state index contributed by atoms with van der Waals surface area (Å²) in [7, 11) is 0. The first kappa shape index (κ1) is 11.8. The molecule has 0 aromatic rings. The summed E-state index contributed by atoms with van der Waals surface area (Å²) in [4.78, 5) is 15.2. The third-order valence-electron chi connectivity index (χ3n) is 2.03. The zero-order valence-corrected chi connectivity index (χ0v) is 9.42. The van der Waals surface area contributed by atoms with Gasteiger partial charge in [-0.3, -0.25) is 4.79 Å². The average molecular weight is 212 g/mol. The second-order valence-corrected chi connectivity index (χ2v) is 4.32. The molecule has 5 nitrogen and oxygen atoms in total. The zero-order valence-electron chi connectivity index (χ0n) is 9.42. The van der Waals surface area contributed by atoms with Crippen molar-refractivity contribution in [3.63, 3.8) is 0 Å². The van der Waals surface area contributed by atoms with Crippen LogP contribution in [0.1, 0.15) is 26.7 Å². The van der Waals surface area contributed by atoms with Crippen LogP contribution in [-0.4, -0.2) is 31.0 Å². The van der Waals surface area contributed by atoms with Gasteiger partial charge in [0.25, 0.3) is 0 Å². The summed E-state index contributed by atoms with van der Waals surface area (Å²) >= 11 is 0. The molecule has 1 fully saturated rings. The Morgan fingerprint density at radius 2 is 2.20 bits per heavy atom. The Hall–Kier alpha value is -1.26. The monoisotopic (exact) mass is 212 g/mol. The molecule has 0 atom stereocenters. The van der Waals surface area contributed by atoms with Crippen LogP contribution in [0.4, 0.5) is 0 Å². The maximum absolute atomic E-state index is 11.2. The Balaban J connectivity index is 2.13. The topological polar surface area (TPSA) is 79.5 Å². The van der Waals surface area contributed by atoms with Gasteiger partial charge in [0.1, 0.15) is 6.54 Å². The fourth-order valence-electron chi connectivity index (χ4n) is 1.02. The van der Waals surface area contributed by atoms with Crippen LogP contribution < -0.4 is 16.4 Å². The van der Waals surface area contributed by atoms with Crippen LogP contribution >= 0.6 is 0 Å². The first-order valence-corrected chi connectivity index (χ1v) is 5.41. The van der Waals surface area contributed by atoms with Crippen molar-refractivity contribution in [1.82, 2.24) is 10.6 Å². The molecule has 15 heavy (non-hydrogen) atoms. The average Bonchev–Trinajstić information content (AvgIpc) is 2.95. The van der Waals surface area contributed by atoms with Gasteiger partial charge in [0.05, 0.1) is 0 Å². The standard InChI is InChI=1S/C10H20N4O/c1-7(2)5-12-10(11)13-6-9(15)14-8-3-4-8/h7-8H,3-6H2,1-2H3,(H,14,15)(H3,11,12,13). The molecule has 0 unspecified atom stereocenters. The Bertz CT molecular complexity index is 246. The van der Waals surface area contributed by atoms with Crippen molar-refractivity contribution in [1.29, 1.82) is 0 Å². The highest BCUT2D eigenvalue weighted by molar-refractivity contribution is 5.84. The predicted octanol–water partition coefficient (Wildman–Crippen LogP) is -0.175. The maximum Gasteiger partial charge on any atom is 0.242 e. The summed E-state index contributed by atoms with van der Waals surface area (Å²) in [6, 6.07) is 0.387. The lowest BCUT2D eigenvalue weighted by molar-refractivity contribution is -0.119. The van der Waals surface area contributed by atoms with Crippen LogP contribution in [0.15, 0.2) is 4.99 Å². The van der Waals surface area contributed by atoms with Crippen molar-refractivity contribution in [3.05, 3.63) is 0 Å². The SMILES string of the molecule is CC(C)CNC(N)=NCC(=O)NC1CC1. The van der Waals surface area contributed by atoms with Gasteiger partial charge in [-0.15, -0.1) is 0 Å². The van der Waals surface area contributed by atoms with Crippen molar-refractivity contribution in [2.75, 3.05) is 13.1 Å². The minimum Gasteiger partial charge on any atom is -0.370 e. The van der Waals surface area contributed by atoms with Crippen molar-refractivity contribution < 1.29 is 4.79 Å². The minimum absolute atomic E-state index is 0.0493. The number of nitrogens with one attached hydrogen (secondary N) is 2. The van der Waals surface area contributed by atoms with Crippen LogP contribution in [0, 0.1) is 5.92 Å². The van der Waals surface area contributed by atoms with Crippen molar-refractivity contribution in [2.24, 2.45) is 16.6 Å². The van der Waals surface area contributed by atoms with E-state index in [2.05, 4.69) is 29.5 Å². The Morgan fingerprint density at radius 1 is 1.53 bits per heavy atom. The molecular weight excluding hydrogens is 192 g/mol. The zero-order chi connectivity index (χ0) is 11.3. The van der Waals surface area contributed by atoms with Gasteiger partial charge in [-0.1, -0.05) is 13.8 Å². The molecule has 0 aromatic heterocycles. The first-order valence-electron chi connectivity index (χ1n) is 5.41. The second kappa shape index (κ2) is 5.58. The number of guanidine groups is 1. The highest BCUT2D eigenvalue weighted by Gasteiger charge is 2.22. The van der Waals surface area contributed by atoms with E-state index in [9.17, 15) is 4.79 Å². The number of hydrogen-bond donors (Lipinski definition) is 3. The van der Waals surface area contributed by atoms with Gasteiger partial charge in [0.2, 0.25) is 5.91 Å². The van der Waals surface area contributed by atoms with Crippen molar-refractivity contribution in [3.8, 4) is 0 Å². The van der Waals surface area contributed by atoms with Crippen molar-refractivity contribution >= 4 is 11.9 Å². The maximum atomic E-state index is 11.2. The summed E-state index contributed by atoms with van der Waals surface area (Å²) in [6.45, 7) is 5.06. The molecule has 1 aliphatic carbocycles. The second-order valence-electron chi connectivity index (χ2n) is 4.32. The van der Waals surface area contributed by atoms with Crippen LogP contribution in [0.2, 0.25) is 0 Å². The summed E-state index contributed by atoms with van der Waals surface area (Å²) < 4.78 is 0. The van der Waals surface area contributed by atoms with Gasteiger partial charge in [-0.25, -0.2) is 4.99 Å². The van der Waals surface area contributed by atoms with E-state index in [1.54, 1.807) is 0 Å². The number of hydrogen-bond acceptors (Lipinski definition) is 2. The van der Waals surface area contributed by atoms with Crippen LogP contribution in [0.3, 0.4) is 0 Å². The number of carbonyl (C=O) groups excluding carboxylic acids is 1. The summed E-state index contributed by atoms with van der Waals surface area (Å²) in [5.41, 5.74) is 5.58. The number of amides is 1. The molecule has 86 valence electrons. The normalized spacial score (nSPS) is 16.6. The molecule has 0 spiro atoms. The first-order chi connectivity index (χ1) is 7.08. The molecule has 5 heteroatoms. The van der Waals surface area contributed by atoms with E-state index in [0.29, 0.717) is 17.9 Å². The minimum atomic E-state index is -0.0493. The number of nitrogens with two attached hydrogens (primary N) is 1. The van der Waals surface area contributed by atoms with E-state index in [0.717, 1.165) is 19.4 Å². The van der Waals surface area contributed by atoms with E-state index in [1.165, 1.54) is 0 Å². The van der Waals surface area contributed by atoms with E-state index in [1.807, 2.05) is 0 Å². The number of nitrogens with zero attached hydrogens (tertiary/aromatic N) is 1. The van der Waals surface area contributed by atoms with Gasteiger partial charge >= 0.3 is 0 Å². The fourth-order valence-corrected chi connectivity index (χ4v) is 1.02. The quantitative estimate of drug-likeness (QED) is 0.437. The van der Waals surface area contributed by atoms with Crippen LogP contribution in [0.25, 0.3) is 0 Å². The van der Waals surface area contributed by atoms with Crippen molar-refractivity contribution in [2.45, 2.75) is 32.7 Å². The van der Waals surface area contributed by atoms with Gasteiger partial charge in [0, 0.05) is 12.6 Å². The van der Waals surface area contributed by atoms with Crippen LogP contribution in [0.5, 0.6) is 0 Å². The lowest BCUT2D eigenvalue weighted by Gasteiger charge is -2.07. The van der Waals surface area contributed by atoms with Crippen LogP contribution in [-0.2, 0) is 4.79 Å². The Labute approximate surface area is 90.5 Å². The highest BCUT2D eigenvalue weighted by Crippen LogP contribution is 2.18. The molecule has 0 aliphatic heterocycles. The number of rotatable bonds is 5. The largest absolute Gasteiger partial charge is 0.370 e. The third kappa shape index (κ3) is 5.93. The van der Waals surface area contributed by atoms with E-state index >= 15 is 0 Å². The predicted molar refractivity (Wildman–Crippen MR) is 60.5 cm³/mol. The number of carbonyl (C=O) groups is 1. The van der Waals surface area contributed by atoms with E-state index < -0.39 is 0 Å². The summed E-state index contributed by atoms with van der Waals surface area (Å²) in [5, 5.41) is 5.80. The highest BCUT2D eigenvalue weighted by atomic mass is 16.1. The van der Waals surface area contributed by atoms with Gasteiger partial charge in [0.15, 0.2) is 5.96 Å². The molecule has 0 bridgehead atoms. The molecule has 0 radical (unpaired) electrons. The van der Waals surface area contributed by atoms with E-state index in [-0.39, 0.29) is 12.5 Å². The molecule has 0 saturated heterocycles. The molecule has 1 aliphatic rings. The molecular formula is C10H20N4O. The summed E-state index contributed by atoms with van der Waals surface area (Å²) in [5.74, 6) is 0.806. The smallest absolute Gasteiger partial charge is 0.242 e. The molecule has 0 heterocycles. The molecule has 0 aromatic carbocycles. The van der Waals surface area contributed by atoms with Gasteiger partial charge in [-0.05, 0) is 18.8 Å². The van der Waals surface area contributed by atoms with E-state index in [4.69, 9.17) is 5.73 Å². The number of aliphatic imine (C=N–C) groups is 1. The third-order valence-corrected chi connectivity index (χ3v) is 2.03. The Morgan fingerprint density at radius 3 is 2.73 bits per heavy atom. The molecule has 4 N–H and O–H groups in total. The molecule has 1 saturated carbocycles. The molecule has 1 amide bonds. The van der Waals surface area contributed by atoms with Gasteiger partial charge < -0.3 is 16.4 Å². The molecule has 1 rings (SSSR count). The lowest BCUT2D eigenvalue weighted by Crippen LogP contribution is -2.36.